The Balaban J connectivity index is 1.39. The molecule has 2 aliphatic carbocycles. The van der Waals surface area contributed by atoms with E-state index < -0.39 is 0 Å². The van der Waals surface area contributed by atoms with E-state index in [2.05, 4.69) is 10.4 Å². The van der Waals surface area contributed by atoms with Crippen LogP contribution in [0.2, 0.25) is 0 Å². The van der Waals surface area contributed by atoms with Gasteiger partial charge in [-0.15, -0.1) is 11.3 Å². The van der Waals surface area contributed by atoms with E-state index in [0.717, 1.165) is 47.4 Å². The van der Waals surface area contributed by atoms with E-state index in [4.69, 9.17) is 4.98 Å². The fourth-order valence-electron chi connectivity index (χ4n) is 3.59. The van der Waals surface area contributed by atoms with Crippen LogP contribution < -0.4 is 5.32 Å². The number of nitrogens with zero attached hydrogens (tertiary/aromatic N) is 3. The van der Waals surface area contributed by atoms with E-state index >= 15 is 0 Å². The molecule has 2 fully saturated rings. The zero-order chi connectivity index (χ0) is 19.3. The van der Waals surface area contributed by atoms with Gasteiger partial charge in [-0.2, -0.15) is 5.10 Å². The Labute approximate surface area is 166 Å². The zero-order valence-electron chi connectivity index (χ0n) is 15.6. The van der Waals surface area contributed by atoms with Crippen LogP contribution in [0.15, 0.2) is 30.5 Å². The molecule has 2 aliphatic rings. The number of hydrogen-bond acceptors (Lipinski definition) is 4. The SMILES string of the molecule is Cn1ncc(C2CC2)c1C(=O)Nc1nc(C2CC2)c(Cc2ccc(F)cc2)s1. The molecule has 5 rings (SSSR count). The third kappa shape index (κ3) is 3.46. The first-order valence-electron chi connectivity index (χ1n) is 9.66. The molecule has 2 aromatic heterocycles. The molecule has 5 nitrogen and oxygen atoms in total. The summed E-state index contributed by atoms with van der Waals surface area (Å²) in [4.78, 5) is 18.8. The molecule has 1 N–H and O–H groups in total. The number of carbonyl (C=O) groups is 1. The van der Waals surface area contributed by atoms with E-state index in [0.29, 0.717) is 29.1 Å². The van der Waals surface area contributed by atoms with Crippen LogP contribution in [0.1, 0.15) is 69.7 Å². The van der Waals surface area contributed by atoms with Crippen molar-refractivity contribution in [1.82, 2.24) is 14.8 Å². The highest BCUT2D eigenvalue weighted by molar-refractivity contribution is 7.16. The Kier molecular flexibility index (Phi) is 4.27. The predicted octanol–water partition coefficient (Wildman–Crippen LogP) is 4.61. The van der Waals surface area contributed by atoms with Gasteiger partial charge in [0.15, 0.2) is 5.13 Å². The molecular weight excluding hydrogens is 375 g/mol. The molecule has 0 radical (unpaired) electrons. The quantitative estimate of drug-likeness (QED) is 0.662. The normalized spacial score (nSPS) is 16.4. The van der Waals surface area contributed by atoms with Crippen LogP contribution >= 0.6 is 11.3 Å². The Bertz CT molecular complexity index is 1030. The standard InChI is InChI=1S/C21H21FN4OS/c1-26-19(16(11-23-26)13-4-5-13)20(27)25-21-24-18(14-6-7-14)17(28-21)10-12-2-8-15(22)9-3-12/h2-3,8-9,11,13-14H,4-7,10H2,1H3,(H,24,25,27). The summed E-state index contributed by atoms with van der Waals surface area (Å²) in [6.07, 6.45) is 7.04. The lowest BCUT2D eigenvalue weighted by atomic mass is 10.1. The lowest BCUT2D eigenvalue weighted by molar-refractivity contribution is 0.101. The molecule has 2 heterocycles. The topological polar surface area (TPSA) is 59.8 Å². The second kappa shape index (κ2) is 6.81. The number of aromatic nitrogens is 3. The van der Waals surface area contributed by atoms with E-state index in [1.54, 1.807) is 11.7 Å². The van der Waals surface area contributed by atoms with E-state index in [1.165, 1.54) is 23.5 Å². The Morgan fingerprint density at radius 1 is 1.21 bits per heavy atom. The van der Waals surface area contributed by atoms with Crippen molar-refractivity contribution in [1.29, 1.82) is 0 Å². The summed E-state index contributed by atoms with van der Waals surface area (Å²) in [5.41, 5.74) is 3.79. The van der Waals surface area contributed by atoms with Gasteiger partial charge in [-0.05, 0) is 49.3 Å². The summed E-state index contributed by atoms with van der Waals surface area (Å²) >= 11 is 1.52. The molecular formula is C21H21FN4OS. The first-order chi connectivity index (χ1) is 13.6. The minimum atomic E-state index is -0.230. The maximum atomic E-state index is 13.2. The number of amides is 1. The molecule has 1 aromatic carbocycles. The van der Waals surface area contributed by atoms with Crippen LogP contribution in [0, 0.1) is 5.82 Å². The highest BCUT2D eigenvalue weighted by atomic mass is 32.1. The summed E-state index contributed by atoms with van der Waals surface area (Å²) in [6.45, 7) is 0. The third-order valence-corrected chi connectivity index (χ3v) is 6.38. The average Bonchev–Trinajstić information content (AvgIpc) is 3.60. The van der Waals surface area contributed by atoms with Crippen molar-refractivity contribution in [2.24, 2.45) is 7.05 Å². The van der Waals surface area contributed by atoms with Crippen molar-refractivity contribution in [3.63, 3.8) is 0 Å². The van der Waals surface area contributed by atoms with E-state index in [1.807, 2.05) is 18.3 Å². The molecule has 0 spiro atoms. The Hall–Kier alpha value is -2.54. The van der Waals surface area contributed by atoms with Crippen LogP contribution in [-0.4, -0.2) is 20.7 Å². The van der Waals surface area contributed by atoms with E-state index in [-0.39, 0.29) is 11.7 Å². The number of benzene rings is 1. The molecule has 0 saturated heterocycles. The van der Waals surface area contributed by atoms with Gasteiger partial charge < -0.3 is 0 Å². The van der Waals surface area contributed by atoms with Crippen molar-refractivity contribution < 1.29 is 9.18 Å². The molecule has 7 heteroatoms. The molecule has 0 bridgehead atoms. The smallest absolute Gasteiger partial charge is 0.275 e. The summed E-state index contributed by atoms with van der Waals surface area (Å²) < 4.78 is 14.8. The van der Waals surface area contributed by atoms with Gasteiger partial charge in [0.05, 0.1) is 11.9 Å². The number of hydrogen-bond donors (Lipinski definition) is 1. The molecule has 0 unspecified atom stereocenters. The Morgan fingerprint density at radius 2 is 1.93 bits per heavy atom. The van der Waals surface area contributed by atoms with Crippen LogP contribution in [-0.2, 0) is 13.5 Å². The highest BCUT2D eigenvalue weighted by Gasteiger charge is 2.32. The van der Waals surface area contributed by atoms with Crippen molar-refractivity contribution in [2.45, 2.75) is 43.9 Å². The number of carbonyl (C=O) groups excluding carboxylic acids is 1. The molecule has 28 heavy (non-hydrogen) atoms. The maximum absolute atomic E-state index is 13.2. The van der Waals surface area contributed by atoms with Gasteiger partial charge in [-0.3, -0.25) is 14.8 Å². The molecule has 144 valence electrons. The minimum absolute atomic E-state index is 0.147. The van der Waals surface area contributed by atoms with Crippen molar-refractivity contribution in [2.75, 3.05) is 5.32 Å². The van der Waals surface area contributed by atoms with E-state index in [9.17, 15) is 9.18 Å². The Morgan fingerprint density at radius 3 is 2.61 bits per heavy atom. The van der Waals surface area contributed by atoms with Crippen molar-refractivity contribution in [3.05, 3.63) is 63.7 Å². The fourth-order valence-corrected chi connectivity index (χ4v) is 4.67. The number of rotatable bonds is 6. The van der Waals surface area contributed by atoms with Crippen LogP contribution in [0.5, 0.6) is 0 Å². The zero-order valence-corrected chi connectivity index (χ0v) is 16.4. The number of aryl methyl sites for hydroxylation is 1. The van der Waals surface area contributed by atoms with Gasteiger partial charge in [0.1, 0.15) is 11.5 Å². The van der Waals surface area contributed by atoms with Crippen molar-refractivity contribution >= 4 is 22.4 Å². The minimum Gasteiger partial charge on any atom is -0.296 e. The van der Waals surface area contributed by atoms with Gasteiger partial charge in [-0.1, -0.05) is 12.1 Å². The number of anilines is 1. The summed E-state index contributed by atoms with van der Waals surface area (Å²) in [6, 6.07) is 6.58. The van der Waals surface area contributed by atoms with Crippen LogP contribution in [0.3, 0.4) is 0 Å². The number of nitrogens with one attached hydrogen (secondary N) is 1. The molecule has 3 aromatic rings. The molecule has 1 amide bonds. The van der Waals surface area contributed by atoms with Gasteiger partial charge in [0.25, 0.3) is 5.91 Å². The van der Waals surface area contributed by atoms with Gasteiger partial charge in [-0.25, -0.2) is 9.37 Å². The van der Waals surface area contributed by atoms with Gasteiger partial charge in [0, 0.05) is 29.8 Å². The lowest BCUT2D eigenvalue weighted by Gasteiger charge is -2.05. The fraction of sp³-hybridized carbons (Fsp3) is 0.381. The van der Waals surface area contributed by atoms with Crippen molar-refractivity contribution in [3.8, 4) is 0 Å². The molecule has 0 atom stereocenters. The monoisotopic (exact) mass is 396 g/mol. The second-order valence-electron chi connectivity index (χ2n) is 7.71. The average molecular weight is 396 g/mol. The maximum Gasteiger partial charge on any atom is 0.275 e. The third-order valence-electron chi connectivity index (χ3n) is 5.39. The lowest BCUT2D eigenvalue weighted by Crippen LogP contribution is -2.17. The van der Waals surface area contributed by atoms with Gasteiger partial charge in [0.2, 0.25) is 0 Å². The first kappa shape index (κ1) is 17.6. The number of thiazole rings is 1. The second-order valence-corrected chi connectivity index (χ2v) is 8.79. The molecule has 2 saturated carbocycles. The predicted molar refractivity (Wildman–Crippen MR) is 106 cm³/mol. The summed E-state index contributed by atoms with van der Waals surface area (Å²) in [5.74, 6) is 0.565. The van der Waals surface area contributed by atoms with Crippen LogP contribution in [0.4, 0.5) is 9.52 Å². The summed E-state index contributed by atoms with van der Waals surface area (Å²) in [5, 5.41) is 7.90. The molecule has 0 aliphatic heterocycles. The first-order valence-corrected chi connectivity index (χ1v) is 10.5. The highest BCUT2D eigenvalue weighted by Crippen LogP contribution is 2.45. The number of halogens is 1. The largest absolute Gasteiger partial charge is 0.296 e. The van der Waals surface area contributed by atoms with Crippen LogP contribution in [0.25, 0.3) is 0 Å². The van der Waals surface area contributed by atoms with Gasteiger partial charge >= 0.3 is 0 Å². The summed E-state index contributed by atoms with van der Waals surface area (Å²) in [7, 11) is 1.80.